The highest BCUT2D eigenvalue weighted by atomic mass is 16.4. The van der Waals surface area contributed by atoms with Gasteiger partial charge < -0.3 is 10.2 Å². The minimum atomic E-state index is -1.32. The average molecular weight is 243 g/mol. The molecule has 0 fully saturated rings. The van der Waals surface area contributed by atoms with Gasteiger partial charge >= 0.3 is 11.9 Å². The fraction of sp³-hybridized carbons (Fsp3) is 0. The third-order valence-electron chi connectivity index (χ3n) is 2.43. The molecule has 0 aliphatic carbocycles. The topological polar surface area (TPSA) is 87.5 Å². The zero-order valence-corrected chi connectivity index (χ0v) is 9.20. The molecule has 0 saturated carbocycles. The molecule has 18 heavy (non-hydrogen) atoms. The predicted molar refractivity (Wildman–Crippen MR) is 65.0 cm³/mol. The molecule has 1 aromatic heterocycles. The lowest BCUT2D eigenvalue weighted by Crippen LogP contribution is -2.05. The summed E-state index contributed by atoms with van der Waals surface area (Å²) < 4.78 is 0. The van der Waals surface area contributed by atoms with Crippen LogP contribution in [0.5, 0.6) is 0 Å². The van der Waals surface area contributed by atoms with Crippen molar-refractivity contribution in [2.45, 2.75) is 0 Å². The van der Waals surface area contributed by atoms with E-state index in [0.29, 0.717) is 11.5 Å². The Morgan fingerprint density at radius 1 is 1.11 bits per heavy atom. The van der Waals surface area contributed by atoms with Gasteiger partial charge in [-0.25, -0.2) is 9.59 Å². The molecule has 0 amide bonds. The van der Waals surface area contributed by atoms with Crippen LogP contribution in [0, 0.1) is 0 Å². The lowest BCUT2D eigenvalue weighted by molar-refractivity contribution is -0.133. The van der Waals surface area contributed by atoms with Crippen molar-refractivity contribution in [3.63, 3.8) is 0 Å². The summed E-state index contributed by atoms with van der Waals surface area (Å²) >= 11 is 0. The number of benzene rings is 1. The quantitative estimate of drug-likeness (QED) is 0.802. The minimum absolute atomic E-state index is 0.156. The summed E-state index contributed by atoms with van der Waals surface area (Å²) in [5.41, 5.74) is -0.178. The number of carbonyl (C=O) groups is 2. The highest BCUT2D eigenvalue weighted by Crippen LogP contribution is 2.22. The summed E-state index contributed by atoms with van der Waals surface area (Å²) in [7, 11) is 0. The molecule has 5 nitrogen and oxygen atoms in total. The van der Waals surface area contributed by atoms with Gasteiger partial charge in [-0.2, -0.15) is 0 Å². The lowest BCUT2D eigenvalue weighted by atomic mass is 10.0. The summed E-state index contributed by atoms with van der Waals surface area (Å²) in [6, 6.07) is 8.80. The second-order valence-corrected chi connectivity index (χ2v) is 3.58. The van der Waals surface area contributed by atoms with Gasteiger partial charge in [-0.15, -0.1) is 0 Å². The van der Waals surface area contributed by atoms with Crippen molar-refractivity contribution in [3.8, 4) is 0 Å². The molecule has 0 atom stereocenters. The first-order valence-corrected chi connectivity index (χ1v) is 5.11. The first-order chi connectivity index (χ1) is 8.59. The van der Waals surface area contributed by atoms with Crippen LogP contribution in [0.4, 0.5) is 0 Å². The number of rotatable bonds is 3. The SMILES string of the molecule is O=C(O)/C=C(\C(=O)O)c1nccc2ccccc12. The van der Waals surface area contributed by atoms with Crippen LogP contribution >= 0.6 is 0 Å². The summed E-state index contributed by atoms with van der Waals surface area (Å²) in [6.07, 6.45) is 2.10. The molecular weight excluding hydrogens is 234 g/mol. The van der Waals surface area contributed by atoms with E-state index < -0.39 is 11.9 Å². The van der Waals surface area contributed by atoms with Gasteiger partial charge in [0.1, 0.15) is 0 Å². The highest BCUT2D eigenvalue weighted by Gasteiger charge is 2.16. The molecular formula is C13H9NO4. The van der Waals surface area contributed by atoms with Gasteiger partial charge in [-0.1, -0.05) is 24.3 Å². The Morgan fingerprint density at radius 2 is 1.83 bits per heavy atom. The molecule has 0 saturated heterocycles. The van der Waals surface area contributed by atoms with Gasteiger partial charge in [-0.3, -0.25) is 4.98 Å². The Balaban J connectivity index is 2.73. The van der Waals surface area contributed by atoms with Gasteiger partial charge in [0.2, 0.25) is 0 Å². The van der Waals surface area contributed by atoms with Crippen LogP contribution in [0.2, 0.25) is 0 Å². The number of carboxylic acids is 2. The van der Waals surface area contributed by atoms with Gasteiger partial charge in [0, 0.05) is 17.7 Å². The number of nitrogens with zero attached hydrogens (tertiary/aromatic N) is 1. The van der Waals surface area contributed by atoms with E-state index in [-0.39, 0.29) is 11.3 Å². The third kappa shape index (κ3) is 2.20. The van der Waals surface area contributed by atoms with Gasteiger partial charge in [0.05, 0.1) is 11.3 Å². The van der Waals surface area contributed by atoms with E-state index >= 15 is 0 Å². The van der Waals surface area contributed by atoms with Crippen LogP contribution in [0.15, 0.2) is 42.6 Å². The van der Waals surface area contributed by atoms with E-state index in [2.05, 4.69) is 4.98 Å². The van der Waals surface area contributed by atoms with Crippen LogP contribution in [-0.2, 0) is 9.59 Å². The summed E-state index contributed by atoms with van der Waals surface area (Å²) in [4.78, 5) is 25.7. The number of aromatic nitrogens is 1. The molecule has 5 heteroatoms. The Bertz CT molecular complexity index is 656. The van der Waals surface area contributed by atoms with Crippen LogP contribution < -0.4 is 0 Å². The highest BCUT2D eigenvalue weighted by molar-refractivity contribution is 6.21. The molecule has 1 aromatic carbocycles. The molecule has 0 spiro atoms. The van der Waals surface area contributed by atoms with E-state index in [1.165, 1.54) is 6.20 Å². The maximum absolute atomic E-state index is 11.1. The molecule has 2 aromatic rings. The van der Waals surface area contributed by atoms with Crippen molar-refractivity contribution < 1.29 is 19.8 Å². The number of hydrogen-bond donors (Lipinski definition) is 2. The van der Waals surface area contributed by atoms with Crippen molar-refractivity contribution in [1.82, 2.24) is 4.98 Å². The number of fused-ring (bicyclic) bond motifs is 1. The third-order valence-corrected chi connectivity index (χ3v) is 2.43. The van der Waals surface area contributed by atoms with Gasteiger partial charge in [0.15, 0.2) is 0 Å². The van der Waals surface area contributed by atoms with Gasteiger partial charge in [0.25, 0.3) is 0 Å². The molecule has 1 heterocycles. The lowest BCUT2D eigenvalue weighted by Gasteiger charge is -2.05. The number of carboxylic acid groups (broad SMARTS) is 2. The molecule has 90 valence electrons. The summed E-state index contributed by atoms with van der Waals surface area (Å²) in [5.74, 6) is -2.64. The van der Waals surface area contributed by atoms with E-state index in [0.717, 1.165) is 5.39 Å². The van der Waals surface area contributed by atoms with Crippen molar-refractivity contribution in [1.29, 1.82) is 0 Å². The molecule has 0 aliphatic rings. The molecule has 2 N–H and O–H groups in total. The fourth-order valence-corrected chi connectivity index (χ4v) is 1.69. The maximum Gasteiger partial charge on any atom is 0.338 e. The zero-order chi connectivity index (χ0) is 13.1. The fourth-order valence-electron chi connectivity index (χ4n) is 1.69. The smallest absolute Gasteiger partial charge is 0.338 e. The van der Waals surface area contributed by atoms with E-state index in [9.17, 15) is 9.59 Å². The Labute approximate surface area is 102 Å². The van der Waals surface area contributed by atoms with Crippen molar-refractivity contribution in [3.05, 3.63) is 48.3 Å². The average Bonchev–Trinajstić information content (AvgIpc) is 2.35. The standard InChI is InChI=1S/C13H9NO4/c15-11(16)7-10(13(17)18)12-9-4-2-1-3-8(9)5-6-14-12/h1-7H,(H,15,16)(H,17,18)/b10-7-. The van der Waals surface area contributed by atoms with Crippen LogP contribution in [0.1, 0.15) is 5.69 Å². The van der Waals surface area contributed by atoms with Crippen molar-refractivity contribution in [2.75, 3.05) is 0 Å². The van der Waals surface area contributed by atoms with Crippen LogP contribution in [0.3, 0.4) is 0 Å². The molecule has 0 radical (unpaired) electrons. The molecule has 0 aliphatic heterocycles. The Morgan fingerprint density at radius 3 is 2.50 bits per heavy atom. The van der Waals surface area contributed by atoms with E-state index in [1.807, 2.05) is 6.07 Å². The number of aliphatic carboxylic acids is 2. The van der Waals surface area contributed by atoms with E-state index in [1.54, 1.807) is 24.3 Å². The predicted octanol–water partition coefficient (Wildman–Crippen LogP) is 1.79. The molecule has 2 rings (SSSR count). The van der Waals surface area contributed by atoms with Crippen LogP contribution in [-0.4, -0.2) is 27.1 Å². The van der Waals surface area contributed by atoms with Gasteiger partial charge in [-0.05, 0) is 11.5 Å². The Kier molecular flexibility index (Phi) is 3.05. The zero-order valence-electron chi connectivity index (χ0n) is 9.20. The Hall–Kier alpha value is -2.69. The number of hydrogen-bond acceptors (Lipinski definition) is 3. The largest absolute Gasteiger partial charge is 0.478 e. The number of pyridine rings is 1. The van der Waals surface area contributed by atoms with Crippen LogP contribution in [0.25, 0.3) is 16.3 Å². The first kappa shape index (κ1) is 11.8. The summed E-state index contributed by atoms with van der Waals surface area (Å²) in [5, 5.41) is 19.2. The van der Waals surface area contributed by atoms with Crippen molar-refractivity contribution in [2.24, 2.45) is 0 Å². The summed E-state index contributed by atoms with van der Waals surface area (Å²) in [6.45, 7) is 0. The second kappa shape index (κ2) is 4.67. The molecule has 0 bridgehead atoms. The van der Waals surface area contributed by atoms with Crippen molar-refractivity contribution >= 4 is 28.3 Å². The maximum atomic E-state index is 11.1. The molecule has 0 unspecified atom stereocenters. The second-order valence-electron chi connectivity index (χ2n) is 3.58. The first-order valence-electron chi connectivity index (χ1n) is 5.11. The minimum Gasteiger partial charge on any atom is -0.478 e. The van der Waals surface area contributed by atoms with E-state index in [4.69, 9.17) is 10.2 Å². The monoisotopic (exact) mass is 243 g/mol. The normalized spacial score (nSPS) is 11.4.